The highest BCUT2D eigenvalue weighted by molar-refractivity contribution is 5.96. The second-order valence-corrected chi connectivity index (χ2v) is 11.3. The van der Waals surface area contributed by atoms with Gasteiger partial charge in [0.05, 0.1) is 11.6 Å². The van der Waals surface area contributed by atoms with Gasteiger partial charge in [0.25, 0.3) is 5.56 Å². The highest BCUT2D eigenvalue weighted by atomic mass is 16.6. The molecule has 1 aliphatic rings. The van der Waals surface area contributed by atoms with Gasteiger partial charge >= 0.3 is 6.09 Å². The van der Waals surface area contributed by atoms with E-state index in [1.807, 2.05) is 50.6 Å². The summed E-state index contributed by atoms with van der Waals surface area (Å²) in [6.45, 7) is 7.79. The van der Waals surface area contributed by atoms with Crippen LogP contribution in [0, 0.1) is 0 Å². The third-order valence-corrected chi connectivity index (χ3v) is 7.14. The number of aryl methyl sites for hydroxylation is 1. The lowest BCUT2D eigenvalue weighted by Crippen LogP contribution is -2.37. The molecule has 216 valence electrons. The quantitative estimate of drug-likeness (QED) is 0.340. The normalized spacial score (nSPS) is 17.4. The second kappa shape index (κ2) is 11.2. The van der Waals surface area contributed by atoms with Crippen LogP contribution in [0.15, 0.2) is 53.5 Å². The van der Waals surface area contributed by atoms with Crippen molar-refractivity contribution in [3.05, 3.63) is 59.0 Å². The standard InChI is InChI=1S/C30H36N6O5/c1-6-35(29(39)41-30(2,3)4)25-17-24-23(18-31-25)28(19-7-11-21(37)12-8-19)33-36(24)20-9-13-22(14-10-20)40-26-15-16-27(38)34(5)32-26/h7-8,11-12,15-18,20,22,37H,6,9-10,13-14H2,1-5H3. The van der Waals surface area contributed by atoms with E-state index in [-0.39, 0.29) is 23.5 Å². The van der Waals surface area contributed by atoms with Crippen molar-refractivity contribution in [3.8, 4) is 22.9 Å². The van der Waals surface area contributed by atoms with E-state index in [4.69, 9.17) is 14.6 Å². The Labute approximate surface area is 238 Å². The number of hydrogen-bond acceptors (Lipinski definition) is 8. The minimum Gasteiger partial charge on any atom is -0.508 e. The number of carbonyl (C=O) groups excluding carboxylic acids is 1. The van der Waals surface area contributed by atoms with E-state index in [2.05, 4.69) is 10.1 Å². The van der Waals surface area contributed by atoms with Gasteiger partial charge < -0.3 is 14.6 Å². The van der Waals surface area contributed by atoms with E-state index < -0.39 is 11.7 Å². The molecule has 1 amide bonds. The van der Waals surface area contributed by atoms with E-state index in [1.54, 1.807) is 31.4 Å². The number of pyridine rings is 1. The zero-order valence-electron chi connectivity index (χ0n) is 24.1. The molecule has 0 aliphatic heterocycles. The van der Waals surface area contributed by atoms with Gasteiger partial charge in [-0.05, 0) is 77.6 Å². The molecule has 0 unspecified atom stereocenters. The number of fused-ring (bicyclic) bond motifs is 1. The highest BCUT2D eigenvalue weighted by Crippen LogP contribution is 2.37. The average Bonchev–Trinajstić information content (AvgIpc) is 3.30. The summed E-state index contributed by atoms with van der Waals surface area (Å²) >= 11 is 0. The van der Waals surface area contributed by atoms with Gasteiger partial charge in [-0.15, -0.1) is 5.10 Å². The maximum absolute atomic E-state index is 13.0. The highest BCUT2D eigenvalue weighted by Gasteiger charge is 2.29. The monoisotopic (exact) mass is 560 g/mol. The summed E-state index contributed by atoms with van der Waals surface area (Å²) < 4.78 is 15.0. The lowest BCUT2D eigenvalue weighted by molar-refractivity contribution is 0.0581. The fraction of sp³-hybridized carbons (Fsp3) is 0.433. The van der Waals surface area contributed by atoms with Gasteiger partial charge in [0.2, 0.25) is 5.88 Å². The molecule has 5 rings (SSSR count). The number of phenolic OH excluding ortho intramolecular Hbond substituents is 1. The first kappa shape index (κ1) is 28.1. The molecule has 11 nitrogen and oxygen atoms in total. The van der Waals surface area contributed by atoms with E-state index in [0.29, 0.717) is 18.2 Å². The number of carbonyl (C=O) groups is 1. The molecule has 0 radical (unpaired) electrons. The number of hydrogen-bond donors (Lipinski definition) is 1. The van der Waals surface area contributed by atoms with Crippen LogP contribution in [0.25, 0.3) is 22.2 Å². The van der Waals surface area contributed by atoms with Gasteiger partial charge in [-0.3, -0.25) is 14.4 Å². The van der Waals surface area contributed by atoms with E-state index in [9.17, 15) is 14.7 Å². The molecule has 1 aliphatic carbocycles. The number of rotatable bonds is 6. The average molecular weight is 561 g/mol. The molecular weight excluding hydrogens is 524 g/mol. The van der Waals surface area contributed by atoms with Crippen LogP contribution in [0.4, 0.5) is 10.6 Å². The Hall–Kier alpha value is -4.41. The Morgan fingerprint density at radius 1 is 1.07 bits per heavy atom. The summed E-state index contributed by atoms with van der Waals surface area (Å²) in [6, 6.07) is 12.0. The first-order valence-electron chi connectivity index (χ1n) is 13.9. The summed E-state index contributed by atoms with van der Waals surface area (Å²) in [6.07, 6.45) is 4.51. The third-order valence-electron chi connectivity index (χ3n) is 7.14. The first-order valence-corrected chi connectivity index (χ1v) is 13.9. The first-order chi connectivity index (χ1) is 19.5. The lowest BCUT2D eigenvalue weighted by atomic mass is 9.93. The molecule has 41 heavy (non-hydrogen) atoms. The van der Waals surface area contributed by atoms with Gasteiger partial charge in [-0.2, -0.15) is 5.10 Å². The summed E-state index contributed by atoms with van der Waals surface area (Å²) in [7, 11) is 1.60. The fourth-order valence-corrected chi connectivity index (χ4v) is 5.10. The Morgan fingerprint density at radius 3 is 2.41 bits per heavy atom. The lowest BCUT2D eigenvalue weighted by Gasteiger charge is -2.29. The fourth-order valence-electron chi connectivity index (χ4n) is 5.10. The molecule has 0 saturated heterocycles. The molecule has 1 aromatic carbocycles. The molecule has 1 fully saturated rings. The molecule has 3 aromatic heterocycles. The third kappa shape index (κ3) is 6.18. The van der Waals surface area contributed by atoms with Crippen LogP contribution in [-0.2, 0) is 11.8 Å². The van der Waals surface area contributed by atoms with Gasteiger partial charge in [-0.1, -0.05) is 0 Å². The summed E-state index contributed by atoms with van der Waals surface area (Å²) in [5.74, 6) is 1.11. The van der Waals surface area contributed by atoms with Crippen LogP contribution >= 0.6 is 0 Å². The van der Waals surface area contributed by atoms with Crippen molar-refractivity contribution in [2.75, 3.05) is 11.4 Å². The predicted octanol–water partition coefficient (Wildman–Crippen LogP) is 5.22. The molecule has 1 saturated carbocycles. The number of amides is 1. The Morgan fingerprint density at radius 2 is 1.78 bits per heavy atom. The number of phenols is 1. The van der Waals surface area contributed by atoms with E-state index in [1.165, 1.54) is 15.6 Å². The Bertz CT molecular complexity index is 1600. The van der Waals surface area contributed by atoms with Gasteiger partial charge in [-0.25, -0.2) is 14.5 Å². The second-order valence-electron chi connectivity index (χ2n) is 11.3. The Balaban J connectivity index is 1.46. The summed E-state index contributed by atoms with van der Waals surface area (Å²) in [5.41, 5.74) is 1.67. The maximum atomic E-state index is 13.0. The van der Waals surface area contributed by atoms with Crippen molar-refractivity contribution in [3.63, 3.8) is 0 Å². The van der Waals surface area contributed by atoms with Crippen LogP contribution in [0.1, 0.15) is 59.4 Å². The minimum atomic E-state index is -0.632. The smallest absolute Gasteiger partial charge is 0.415 e. The molecule has 1 N–H and O–H groups in total. The largest absolute Gasteiger partial charge is 0.508 e. The maximum Gasteiger partial charge on any atom is 0.415 e. The number of aromatic hydroxyl groups is 1. The van der Waals surface area contributed by atoms with Crippen molar-refractivity contribution in [1.82, 2.24) is 24.5 Å². The van der Waals surface area contributed by atoms with Crippen molar-refractivity contribution in [1.29, 1.82) is 0 Å². The Kier molecular flexibility index (Phi) is 7.70. The molecule has 0 spiro atoms. The summed E-state index contributed by atoms with van der Waals surface area (Å²) in [4.78, 5) is 30.8. The van der Waals surface area contributed by atoms with Gasteiger partial charge in [0, 0.05) is 48.9 Å². The van der Waals surface area contributed by atoms with Crippen LogP contribution < -0.4 is 15.2 Å². The van der Waals surface area contributed by atoms with Crippen molar-refractivity contribution >= 4 is 22.8 Å². The minimum absolute atomic E-state index is 0.0189. The van der Waals surface area contributed by atoms with Gasteiger partial charge in [0.1, 0.15) is 29.0 Å². The number of ether oxygens (including phenoxy) is 2. The van der Waals surface area contributed by atoms with E-state index >= 15 is 0 Å². The van der Waals surface area contributed by atoms with Crippen LogP contribution in [0.2, 0.25) is 0 Å². The van der Waals surface area contributed by atoms with Crippen LogP contribution in [0.3, 0.4) is 0 Å². The number of aromatic nitrogens is 5. The predicted molar refractivity (Wildman–Crippen MR) is 155 cm³/mol. The molecule has 3 heterocycles. The molecular formula is C30H36N6O5. The van der Waals surface area contributed by atoms with Crippen molar-refractivity contribution in [2.45, 2.75) is 71.1 Å². The van der Waals surface area contributed by atoms with Crippen LogP contribution in [-0.4, -0.2) is 54.0 Å². The zero-order valence-corrected chi connectivity index (χ0v) is 24.1. The molecule has 4 aromatic rings. The number of benzene rings is 1. The SMILES string of the molecule is CCN(C(=O)OC(C)(C)C)c1cc2c(cn1)c(-c1ccc(O)cc1)nn2C1CCC(Oc2ccc(=O)n(C)n2)CC1. The number of nitrogens with zero attached hydrogens (tertiary/aromatic N) is 6. The van der Waals surface area contributed by atoms with Crippen LogP contribution in [0.5, 0.6) is 11.6 Å². The van der Waals surface area contributed by atoms with Crippen molar-refractivity contribution in [2.24, 2.45) is 7.05 Å². The van der Waals surface area contributed by atoms with Crippen molar-refractivity contribution < 1.29 is 19.4 Å². The molecule has 0 atom stereocenters. The zero-order chi connectivity index (χ0) is 29.3. The van der Waals surface area contributed by atoms with Gasteiger partial charge in [0.15, 0.2) is 0 Å². The summed E-state index contributed by atoms with van der Waals surface area (Å²) in [5, 5.41) is 19.9. The molecule has 0 bridgehead atoms. The number of anilines is 1. The topological polar surface area (TPSA) is 125 Å². The molecule has 11 heteroatoms. The van der Waals surface area contributed by atoms with E-state index in [0.717, 1.165) is 47.8 Å².